The van der Waals surface area contributed by atoms with E-state index in [1.54, 1.807) is 50.5 Å². The van der Waals surface area contributed by atoms with Crippen molar-refractivity contribution in [3.63, 3.8) is 0 Å². The lowest BCUT2D eigenvalue weighted by Crippen LogP contribution is -2.32. The van der Waals surface area contributed by atoms with Crippen molar-refractivity contribution in [2.75, 3.05) is 13.7 Å². The molecule has 164 valence electrons. The number of amides is 1. The smallest absolute Gasteiger partial charge is 0.254 e. The molecule has 2 aromatic heterocycles. The standard InChI is InChI=1S/C24H23FN4O3/c1-4-32-22-11-17(8-9-20(22)16-6-5-7-19(25)10-16)24(30)28(3)13-18-14-29(31)15(2)21-12-26-27-23(18)21/h5-12,14H,4,13H2,1-3H3,(H,26,27). The number of aromatic amines is 1. The van der Waals surface area contributed by atoms with Gasteiger partial charge in [-0.3, -0.25) is 9.89 Å². The molecule has 0 saturated carbocycles. The first-order valence-corrected chi connectivity index (χ1v) is 10.2. The predicted octanol–water partition coefficient (Wildman–Crippen LogP) is 3.98. The molecule has 2 aromatic carbocycles. The Balaban J connectivity index is 1.64. The quantitative estimate of drug-likeness (QED) is 0.367. The first-order valence-electron chi connectivity index (χ1n) is 10.2. The monoisotopic (exact) mass is 434 g/mol. The summed E-state index contributed by atoms with van der Waals surface area (Å²) >= 11 is 0. The number of aromatic nitrogens is 3. The molecule has 0 aliphatic rings. The van der Waals surface area contributed by atoms with Gasteiger partial charge in [-0.2, -0.15) is 9.83 Å². The fourth-order valence-electron chi connectivity index (χ4n) is 3.72. The Hall–Kier alpha value is -3.94. The number of rotatable bonds is 6. The molecule has 8 heteroatoms. The van der Waals surface area contributed by atoms with Crippen LogP contribution in [0.2, 0.25) is 0 Å². The van der Waals surface area contributed by atoms with E-state index < -0.39 is 0 Å². The molecule has 4 aromatic rings. The molecule has 0 unspecified atom stereocenters. The van der Waals surface area contributed by atoms with E-state index in [2.05, 4.69) is 10.2 Å². The summed E-state index contributed by atoms with van der Waals surface area (Å²) < 4.78 is 20.2. The summed E-state index contributed by atoms with van der Waals surface area (Å²) in [5, 5.41) is 19.9. The van der Waals surface area contributed by atoms with Crippen molar-refractivity contribution in [1.29, 1.82) is 0 Å². The van der Waals surface area contributed by atoms with Crippen LogP contribution in [0.1, 0.15) is 28.5 Å². The van der Waals surface area contributed by atoms with Crippen LogP contribution in [-0.4, -0.2) is 34.7 Å². The normalized spacial score (nSPS) is 11.0. The van der Waals surface area contributed by atoms with Crippen LogP contribution >= 0.6 is 0 Å². The van der Waals surface area contributed by atoms with E-state index in [0.29, 0.717) is 40.3 Å². The number of fused-ring (bicyclic) bond motifs is 1. The molecule has 1 N–H and O–H groups in total. The zero-order chi connectivity index (χ0) is 22.8. The second kappa shape index (κ2) is 8.66. The number of halogens is 1. The highest BCUT2D eigenvalue weighted by atomic mass is 19.1. The Labute approximate surface area is 184 Å². The first kappa shape index (κ1) is 21.3. The number of benzene rings is 2. The van der Waals surface area contributed by atoms with E-state index in [1.165, 1.54) is 23.2 Å². The molecule has 0 fully saturated rings. The van der Waals surface area contributed by atoms with Crippen molar-refractivity contribution in [1.82, 2.24) is 15.1 Å². The lowest BCUT2D eigenvalue weighted by molar-refractivity contribution is -0.611. The van der Waals surface area contributed by atoms with Crippen LogP contribution in [0.15, 0.2) is 54.9 Å². The Morgan fingerprint density at radius 3 is 2.84 bits per heavy atom. The van der Waals surface area contributed by atoms with Gasteiger partial charge in [0.15, 0.2) is 6.20 Å². The maximum absolute atomic E-state index is 13.7. The van der Waals surface area contributed by atoms with Crippen LogP contribution in [0.25, 0.3) is 22.0 Å². The lowest BCUT2D eigenvalue weighted by atomic mass is 10.0. The molecule has 0 saturated heterocycles. The molecule has 0 spiro atoms. The van der Waals surface area contributed by atoms with Crippen molar-refractivity contribution < 1.29 is 18.7 Å². The van der Waals surface area contributed by atoms with Gasteiger partial charge in [0.1, 0.15) is 11.6 Å². The lowest BCUT2D eigenvalue weighted by Gasteiger charge is -2.19. The van der Waals surface area contributed by atoms with Crippen LogP contribution in [0.4, 0.5) is 4.39 Å². The molecule has 4 rings (SSSR count). The zero-order valence-corrected chi connectivity index (χ0v) is 18.1. The number of H-pyrrole nitrogens is 1. The molecular formula is C24H23FN4O3. The van der Waals surface area contributed by atoms with E-state index in [0.717, 1.165) is 15.6 Å². The molecular weight excluding hydrogens is 411 g/mol. The number of aryl methyl sites for hydroxylation is 1. The van der Waals surface area contributed by atoms with Gasteiger partial charge >= 0.3 is 0 Å². The summed E-state index contributed by atoms with van der Waals surface area (Å²) in [6, 6.07) is 11.3. The number of pyridine rings is 1. The average molecular weight is 434 g/mol. The number of nitrogens with one attached hydrogen (secondary N) is 1. The molecule has 0 radical (unpaired) electrons. The number of carbonyl (C=O) groups is 1. The summed E-state index contributed by atoms with van der Waals surface area (Å²) in [4.78, 5) is 14.7. The van der Waals surface area contributed by atoms with Crippen LogP contribution in [0, 0.1) is 17.9 Å². The number of hydrogen-bond donors (Lipinski definition) is 1. The van der Waals surface area contributed by atoms with Gasteiger partial charge in [0.05, 0.1) is 35.8 Å². The highest BCUT2D eigenvalue weighted by Crippen LogP contribution is 2.32. The third-order valence-corrected chi connectivity index (χ3v) is 5.37. The predicted molar refractivity (Wildman–Crippen MR) is 119 cm³/mol. The second-order valence-corrected chi connectivity index (χ2v) is 7.54. The van der Waals surface area contributed by atoms with Gasteiger partial charge in [0.2, 0.25) is 5.69 Å². The van der Waals surface area contributed by atoms with E-state index in [4.69, 9.17) is 4.74 Å². The highest BCUT2D eigenvalue weighted by molar-refractivity contribution is 5.95. The van der Waals surface area contributed by atoms with Crippen molar-refractivity contribution in [2.45, 2.75) is 20.4 Å². The molecule has 0 aliphatic carbocycles. The number of carbonyl (C=O) groups excluding carboxylic acids is 1. The number of nitrogens with zero attached hydrogens (tertiary/aromatic N) is 3. The summed E-state index contributed by atoms with van der Waals surface area (Å²) in [5.41, 5.74) is 3.73. The fourth-order valence-corrected chi connectivity index (χ4v) is 3.72. The van der Waals surface area contributed by atoms with Crippen molar-refractivity contribution in [2.24, 2.45) is 0 Å². The van der Waals surface area contributed by atoms with Gasteiger partial charge in [-0.05, 0) is 42.8 Å². The van der Waals surface area contributed by atoms with Crippen molar-refractivity contribution in [3.8, 4) is 16.9 Å². The molecule has 7 nitrogen and oxygen atoms in total. The Kier molecular flexibility index (Phi) is 5.77. The van der Waals surface area contributed by atoms with Crippen molar-refractivity contribution >= 4 is 16.8 Å². The fraction of sp³-hybridized carbons (Fsp3) is 0.208. The maximum atomic E-state index is 13.7. The summed E-state index contributed by atoms with van der Waals surface area (Å²) in [5.74, 6) is -0.0767. The Morgan fingerprint density at radius 1 is 1.28 bits per heavy atom. The topological polar surface area (TPSA) is 85.2 Å². The van der Waals surface area contributed by atoms with E-state index in [9.17, 15) is 14.4 Å². The van der Waals surface area contributed by atoms with Crippen LogP contribution in [-0.2, 0) is 6.54 Å². The van der Waals surface area contributed by atoms with Gasteiger partial charge < -0.3 is 14.8 Å². The Morgan fingerprint density at radius 2 is 2.09 bits per heavy atom. The van der Waals surface area contributed by atoms with Gasteiger partial charge in [0.25, 0.3) is 5.91 Å². The molecule has 0 aliphatic heterocycles. The molecule has 2 heterocycles. The van der Waals surface area contributed by atoms with Gasteiger partial charge in [0, 0.05) is 25.1 Å². The second-order valence-electron chi connectivity index (χ2n) is 7.54. The minimum Gasteiger partial charge on any atom is -0.618 e. The minimum atomic E-state index is -0.344. The highest BCUT2D eigenvalue weighted by Gasteiger charge is 2.20. The molecule has 32 heavy (non-hydrogen) atoms. The zero-order valence-electron chi connectivity index (χ0n) is 18.1. The van der Waals surface area contributed by atoms with Crippen LogP contribution in [0.3, 0.4) is 0 Å². The van der Waals surface area contributed by atoms with Gasteiger partial charge in [-0.15, -0.1) is 0 Å². The van der Waals surface area contributed by atoms with Crippen LogP contribution in [0.5, 0.6) is 5.75 Å². The van der Waals surface area contributed by atoms with E-state index >= 15 is 0 Å². The van der Waals surface area contributed by atoms with Crippen LogP contribution < -0.4 is 9.47 Å². The summed E-state index contributed by atoms with van der Waals surface area (Å²) in [6.07, 6.45) is 3.06. The number of hydrogen-bond acceptors (Lipinski definition) is 4. The summed E-state index contributed by atoms with van der Waals surface area (Å²) in [7, 11) is 1.67. The summed E-state index contributed by atoms with van der Waals surface area (Å²) in [6.45, 7) is 4.19. The van der Waals surface area contributed by atoms with Gasteiger partial charge in [-0.25, -0.2) is 4.39 Å². The molecule has 0 atom stereocenters. The maximum Gasteiger partial charge on any atom is 0.254 e. The van der Waals surface area contributed by atoms with E-state index in [1.807, 2.05) is 6.92 Å². The number of ether oxygens (including phenoxy) is 1. The third kappa shape index (κ3) is 3.99. The van der Waals surface area contributed by atoms with E-state index in [-0.39, 0.29) is 18.3 Å². The SMILES string of the molecule is CCOc1cc(C(=O)N(C)Cc2c[n+]([O-])c(C)c3cn[nH]c23)ccc1-c1cccc(F)c1. The first-order chi connectivity index (χ1) is 15.4. The largest absolute Gasteiger partial charge is 0.618 e. The Bertz CT molecular complexity index is 1300. The van der Waals surface area contributed by atoms with Crippen molar-refractivity contribution in [3.05, 3.63) is 82.7 Å². The molecule has 1 amide bonds. The minimum absolute atomic E-state index is 0.218. The molecule has 0 bridgehead atoms. The average Bonchev–Trinajstić information content (AvgIpc) is 3.27. The third-order valence-electron chi connectivity index (χ3n) is 5.37. The van der Waals surface area contributed by atoms with Gasteiger partial charge in [-0.1, -0.05) is 12.1 Å².